The Balaban J connectivity index is 0.00000102. The van der Waals surface area contributed by atoms with Gasteiger partial charge < -0.3 is 4.74 Å². The Labute approximate surface area is 164 Å². The Morgan fingerprint density at radius 1 is 1.19 bits per heavy atom. The molecule has 0 spiro atoms. The molecule has 1 aliphatic rings. The normalized spacial score (nSPS) is 14.0. The van der Waals surface area contributed by atoms with Crippen molar-refractivity contribution in [2.45, 2.75) is 33.2 Å². The van der Waals surface area contributed by atoms with Crippen LogP contribution in [0.25, 0.3) is 21.5 Å². The maximum Gasteiger partial charge on any atom is 0.356 e. The molecule has 1 saturated heterocycles. The number of fused-ring (bicyclic) bond motifs is 1. The number of methoxy groups -OCH3 is 1. The third-order valence-corrected chi connectivity index (χ3v) is 5.49. The quantitative estimate of drug-likeness (QED) is 0.608. The number of carbonyl (C=O) groups excluding carboxylic acids is 1. The molecule has 6 heteroatoms. The lowest BCUT2D eigenvalue weighted by molar-refractivity contribution is 0.0594. The third-order valence-electron chi connectivity index (χ3n) is 4.48. The summed E-state index contributed by atoms with van der Waals surface area (Å²) in [7, 11) is 1.37. The summed E-state index contributed by atoms with van der Waals surface area (Å²) < 4.78 is 4.79. The molecule has 5 nitrogen and oxygen atoms in total. The molecule has 1 fully saturated rings. The molecule has 0 N–H and O–H groups in total. The van der Waals surface area contributed by atoms with Crippen LogP contribution in [0.4, 0.5) is 0 Å². The van der Waals surface area contributed by atoms with Gasteiger partial charge in [0.05, 0.1) is 12.6 Å². The number of para-hydroxylation sites is 1. The fourth-order valence-electron chi connectivity index (χ4n) is 3.20. The average molecular weight is 384 g/mol. The molecule has 3 heterocycles. The smallest absolute Gasteiger partial charge is 0.356 e. The monoisotopic (exact) mass is 383 g/mol. The number of pyridine rings is 1. The van der Waals surface area contributed by atoms with Gasteiger partial charge in [-0.25, -0.2) is 14.8 Å². The van der Waals surface area contributed by atoms with E-state index in [2.05, 4.69) is 14.9 Å². The second-order valence-corrected chi connectivity index (χ2v) is 7.30. The summed E-state index contributed by atoms with van der Waals surface area (Å²) in [5.41, 5.74) is 2.06. The first-order valence-electron chi connectivity index (χ1n) is 9.40. The molecule has 4 rings (SSSR count). The minimum Gasteiger partial charge on any atom is -0.464 e. The highest BCUT2D eigenvalue weighted by Crippen LogP contribution is 2.31. The summed E-state index contributed by atoms with van der Waals surface area (Å²) in [5, 5.41) is 1.93. The molecule has 0 unspecified atom stereocenters. The first-order valence-corrected chi connectivity index (χ1v) is 10.2. The van der Waals surface area contributed by atoms with Crippen LogP contribution in [0.1, 0.15) is 42.1 Å². The minimum absolute atomic E-state index is 0.316. The van der Waals surface area contributed by atoms with Crippen LogP contribution < -0.4 is 0 Å². The summed E-state index contributed by atoms with van der Waals surface area (Å²) in [4.78, 5) is 24.7. The zero-order chi connectivity index (χ0) is 19.2. The van der Waals surface area contributed by atoms with Crippen molar-refractivity contribution in [2.75, 3.05) is 20.2 Å². The van der Waals surface area contributed by atoms with Crippen molar-refractivity contribution >= 4 is 28.2 Å². The number of carbonyl (C=O) groups is 1. The molecular formula is C21H25N3O2S. The minimum atomic E-state index is -0.425. The Kier molecular flexibility index (Phi) is 6.53. The Bertz CT molecular complexity index is 917. The highest BCUT2D eigenvalue weighted by molar-refractivity contribution is 7.15. The topological polar surface area (TPSA) is 55.3 Å². The summed E-state index contributed by atoms with van der Waals surface area (Å²) in [5.74, 6) is -0.425. The first kappa shape index (κ1) is 19.5. The lowest BCUT2D eigenvalue weighted by atomic mass is 10.1. The van der Waals surface area contributed by atoms with Gasteiger partial charge in [-0.2, -0.15) is 0 Å². The molecule has 3 aromatic rings. The van der Waals surface area contributed by atoms with E-state index in [1.807, 2.05) is 44.3 Å². The standard InChI is InChI=1S/C19H19N3O2S.C2H6/c1-24-19(23)16-8-7-13-5-4-6-15(17(13)21-16)18-20-11-14(25-18)12-22-9-2-3-10-22;1-2/h4-8,11H,2-3,9-10,12H2,1H3;1-2H3. The van der Waals surface area contributed by atoms with E-state index in [1.54, 1.807) is 17.4 Å². The lowest BCUT2D eigenvalue weighted by Crippen LogP contribution is -2.17. The van der Waals surface area contributed by atoms with Gasteiger partial charge in [-0.1, -0.05) is 32.0 Å². The third kappa shape index (κ3) is 4.34. The first-order chi connectivity index (χ1) is 13.2. The second-order valence-electron chi connectivity index (χ2n) is 6.18. The van der Waals surface area contributed by atoms with Crippen molar-refractivity contribution in [3.8, 4) is 10.6 Å². The van der Waals surface area contributed by atoms with Crippen LogP contribution in [-0.2, 0) is 11.3 Å². The number of aromatic nitrogens is 2. The van der Waals surface area contributed by atoms with Crippen LogP contribution in [-0.4, -0.2) is 41.0 Å². The van der Waals surface area contributed by atoms with Gasteiger partial charge in [0.1, 0.15) is 10.7 Å². The van der Waals surface area contributed by atoms with Gasteiger partial charge in [-0.15, -0.1) is 11.3 Å². The summed E-state index contributed by atoms with van der Waals surface area (Å²) in [6.07, 6.45) is 4.53. The maximum absolute atomic E-state index is 11.8. The summed E-state index contributed by atoms with van der Waals surface area (Å²) in [6.45, 7) is 7.31. The predicted octanol–water partition coefficient (Wildman–Crippen LogP) is 4.77. The largest absolute Gasteiger partial charge is 0.464 e. The average Bonchev–Trinajstić information content (AvgIpc) is 3.40. The predicted molar refractivity (Wildman–Crippen MR) is 110 cm³/mol. The molecule has 0 radical (unpaired) electrons. The number of ether oxygens (including phenoxy) is 1. The number of likely N-dealkylation sites (tertiary alicyclic amines) is 1. The number of hydrogen-bond acceptors (Lipinski definition) is 6. The molecule has 1 aliphatic heterocycles. The van der Waals surface area contributed by atoms with E-state index in [0.29, 0.717) is 5.69 Å². The number of hydrogen-bond donors (Lipinski definition) is 0. The SMILES string of the molecule is CC.COC(=O)c1ccc2cccc(-c3ncc(CN4CCCC4)s3)c2n1. The van der Waals surface area contributed by atoms with Crippen LogP contribution in [0.5, 0.6) is 0 Å². The number of rotatable bonds is 4. The zero-order valence-electron chi connectivity index (χ0n) is 16.1. The number of nitrogens with zero attached hydrogens (tertiary/aromatic N) is 3. The van der Waals surface area contributed by atoms with E-state index in [9.17, 15) is 4.79 Å². The van der Waals surface area contributed by atoms with E-state index in [4.69, 9.17) is 4.74 Å². The van der Waals surface area contributed by atoms with E-state index >= 15 is 0 Å². The van der Waals surface area contributed by atoms with Gasteiger partial charge in [0, 0.05) is 28.6 Å². The summed E-state index contributed by atoms with van der Waals surface area (Å²) >= 11 is 1.70. The van der Waals surface area contributed by atoms with Crippen LogP contribution in [0, 0.1) is 0 Å². The molecule has 27 heavy (non-hydrogen) atoms. The molecule has 1 aromatic carbocycles. The fourth-order valence-corrected chi connectivity index (χ4v) is 4.19. The fraction of sp³-hybridized carbons (Fsp3) is 0.381. The lowest BCUT2D eigenvalue weighted by Gasteiger charge is -2.11. The zero-order valence-corrected chi connectivity index (χ0v) is 16.9. The van der Waals surface area contributed by atoms with E-state index in [0.717, 1.165) is 28.0 Å². The van der Waals surface area contributed by atoms with E-state index < -0.39 is 5.97 Å². The van der Waals surface area contributed by atoms with Crippen molar-refractivity contribution in [3.05, 3.63) is 47.1 Å². The van der Waals surface area contributed by atoms with Crippen molar-refractivity contribution in [1.29, 1.82) is 0 Å². The Hall–Kier alpha value is -2.31. The molecule has 0 amide bonds. The molecule has 0 atom stereocenters. The van der Waals surface area contributed by atoms with Gasteiger partial charge in [0.25, 0.3) is 0 Å². The van der Waals surface area contributed by atoms with Gasteiger partial charge in [0.15, 0.2) is 0 Å². The van der Waals surface area contributed by atoms with E-state index in [1.165, 1.54) is 37.9 Å². The van der Waals surface area contributed by atoms with Crippen molar-refractivity contribution in [2.24, 2.45) is 0 Å². The highest BCUT2D eigenvalue weighted by Gasteiger charge is 2.16. The van der Waals surface area contributed by atoms with Gasteiger partial charge in [0.2, 0.25) is 0 Å². The molecule has 0 bridgehead atoms. The van der Waals surface area contributed by atoms with Crippen LogP contribution in [0.3, 0.4) is 0 Å². The number of thiazole rings is 1. The van der Waals surface area contributed by atoms with Crippen molar-refractivity contribution in [3.63, 3.8) is 0 Å². The van der Waals surface area contributed by atoms with Crippen molar-refractivity contribution < 1.29 is 9.53 Å². The van der Waals surface area contributed by atoms with Crippen LogP contribution >= 0.6 is 11.3 Å². The van der Waals surface area contributed by atoms with Crippen molar-refractivity contribution in [1.82, 2.24) is 14.9 Å². The molecule has 142 valence electrons. The molecule has 2 aromatic heterocycles. The molecule has 0 aliphatic carbocycles. The Morgan fingerprint density at radius 2 is 1.96 bits per heavy atom. The summed E-state index contributed by atoms with van der Waals surface area (Å²) in [6, 6.07) is 9.59. The molecular weight excluding hydrogens is 358 g/mol. The van der Waals surface area contributed by atoms with Gasteiger partial charge in [-0.3, -0.25) is 4.90 Å². The van der Waals surface area contributed by atoms with Gasteiger partial charge >= 0.3 is 5.97 Å². The van der Waals surface area contributed by atoms with E-state index in [-0.39, 0.29) is 0 Å². The van der Waals surface area contributed by atoms with Crippen LogP contribution in [0.2, 0.25) is 0 Å². The Morgan fingerprint density at radius 3 is 2.70 bits per heavy atom. The number of esters is 1. The van der Waals surface area contributed by atoms with Crippen LogP contribution in [0.15, 0.2) is 36.5 Å². The molecule has 0 saturated carbocycles. The van der Waals surface area contributed by atoms with Gasteiger partial charge in [-0.05, 0) is 38.1 Å². The number of benzene rings is 1. The maximum atomic E-state index is 11.8. The second kappa shape index (κ2) is 9.06. The highest BCUT2D eigenvalue weighted by atomic mass is 32.1.